The molecule has 0 aliphatic rings. The van der Waals surface area contributed by atoms with Gasteiger partial charge in [0.2, 0.25) is 0 Å². The third kappa shape index (κ3) is 2.87. The molecular weight excluding hydrogens is 188 g/mol. The summed E-state index contributed by atoms with van der Waals surface area (Å²) in [6.45, 7) is 0. The summed E-state index contributed by atoms with van der Waals surface area (Å²) in [7, 11) is -0.00565. The van der Waals surface area contributed by atoms with Gasteiger partial charge in [0.15, 0.2) is 11.0 Å². The Morgan fingerprint density at radius 2 is 1.92 bits per heavy atom. The third-order valence-electron chi connectivity index (χ3n) is 1.37. The smallest absolute Gasteiger partial charge is 0.326 e. The van der Waals surface area contributed by atoms with Gasteiger partial charge in [-0.2, -0.15) is 0 Å². The molecule has 0 spiro atoms. The molecule has 0 saturated heterocycles. The maximum atomic E-state index is 11.4. The zero-order chi connectivity index (χ0) is 9.68. The molecule has 70 valence electrons. The lowest BCUT2D eigenvalue weighted by atomic mass is 10.4. The van der Waals surface area contributed by atoms with Crippen LogP contribution >= 0.6 is 0 Å². The SMILES string of the molecule is CNC(=O)NS(=O)c1ccccc1. The van der Waals surface area contributed by atoms with Crippen LogP contribution in [0.2, 0.25) is 0 Å². The highest BCUT2D eigenvalue weighted by atomic mass is 32.2. The van der Waals surface area contributed by atoms with Crippen LogP contribution in [-0.2, 0) is 11.0 Å². The minimum atomic E-state index is -1.48. The van der Waals surface area contributed by atoms with Gasteiger partial charge in [-0.3, -0.25) is 4.72 Å². The van der Waals surface area contributed by atoms with Gasteiger partial charge >= 0.3 is 6.03 Å². The number of urea groups is 1. The Balaban J connectivity index is 2.65. The summed E-state index contributed by atoms with van der Waals surface area (Å²) >= 11 is 0. The number of rotatable bonds is 2. The first-order valence-electron chi connectivity index (χ1n) is 3.69. The quantitative estimate of drug-likeness (QED) is 0.732. The molecule has 0 fully saturated rings. The number of hydrogen-bond acceptors (Lipinski definition) is 2. The van der Waals surface area contributed by atoms with Crippen molar-refractivity contribution < 1.29 is 9.00 Å². The monoisotopic (exact) mass is 198 g/mol. The van der Waals surface area contributed by atoms with Crippen LogP contribution in [0.25, 0.3) is 0 Å². The van der Waals surface area contributed by atoms with Crippen molar-refractivity contribution in [3.8, 4) is 0 Å². The van der Waals surface area contributed by atoms with E-state index in [-0.39, 0.29) is 0 Å². The molecule has 0 aliphatic heterocycles. The van der Waals surface area contributed by atoms with Crippen LogP contribution in [0.1, 0.15) is 0 Å². The van der Waals surface area contributed by atoms with Crippen LogP contribution < -0.4 is 10.0 Å². The Bertz CT molecular complexity index is 313. The van der Waals surface area contributed by atoms with Gasteiger partial charge in [0.25, 0.3) is 0 Å². The molecule has 0 radical (unpaired) electrons. The normalized spacial score (nSPS) is 11.8. The number of amides is 2. The molecule has 0 aromatic heterocycles. The highest BCUT2D eigenvalue weighted by Crippen LogP contribution is 2.01. The molecule has 5 heteroatoms. The van der Waals surface area contributed by atoms with Crippen molar-refractivity contribution in [3.63, 3.8) is 0 Å². The Hall–Kier alpha value is -1.36. The summed E-state index contributed by atoms with van der Waals surface area (Å²) in [5.74, 6) is 0. The second-order valence-electron chi connectivity index (χ2n) is 2.26. The Morgan fingerprint density at radius 3 is 2.46 bits per heavy atom. The van der Waals surface area contributed by atoms with Crippen LogP contribution in [0.5, 0.6) is 0 Å². The third-order valence-corrected chi connectivity index (χ3v) is 2.44. The predicted octanol–water partition coefficient (Wildman–Crippen LogP) is 0.638. The molecule has 4 nitrogen and oxygen atoms in total. The molecular formula is C8H10N2O2S. The predicted molar refractivity (Wildman–Crippen MR) is 50.4 cm³/mol. The van der Waals surface area contributed by atoms with Crippen molar-refractivity contribution in [3.05, 3.63) is 30.3 Å². The fraction of sp³-hybridized carbons (Fsp3) is 0.125. The summed E-state index contributed by atoms with van der Waals surface area (Å²) < 4.78 is 13.6. The van der Waals surface area contributed by atoms with Gasteiger partial charge in [0, 0.05) is 7.05 Å². The fourth-order valence-electron chi connectivity index (χ4n) is 0.738. The number of hydrogen-bond donors (Lipinski definition) is 2. The molecule has 2 N–H and O–H groups in total. The van der Waals surface area contributed by atoms with Crippen LogP contribution in [0, 0.1) is 0 Å². The van der Waals surface area contributed by atoms with Crippen LogP contribution in [0.3, 0.4) is 0 Å². The van der Waals surface area contributed by atoms with Crippen LogP contribution in [0.4, 0.5) is 4.79 Å². The van der Waals surface area contributed by atoms with Crippen molar-refractivity contribution in [2.24, 2.45) is 0 Å². The summed E-state index contributed by atoms with van der Waals surface area (Å²) in [6, 6.07) is 8.26. The second-order valence-corrected chi connectivity index (χ2v) is 3.48. The minimum Gasteiger partial charge on any atom is -0.340 e. The van der Waals surface area contributed by atoms with E-state index in [1.807, 2.05) is 6.07 Å². The van der Waals surface area contributed by atoms with Gasteiger partial charge in [0.1, 0.15) is 0 Å². The first kappa shape index (κ1) is 9.73. The molecule has 0 heterocycles. The molecule has 1 atom stereocenters. The van der Waals surface area contributed by atoms with Crippen molar-refractivity contribution in [2.75, 3.05) is 7.05 Å². The van der Waals surface area contributed by atoms with Crippen molar-refractivity contribution in [1.29, 1.82) is 0 Å². The topological polar surface area (TPSA) is 58.2 Å². The van der Waals surface area contributed by atoms with Crippen molar-refractivity contribution in [1.82, 2.24) is 10.0 Å². The van der Waals surface area contributed by atoms with Gasteiger partial charge in [-0.1, -0.05) is 18.2 Å². The van der Waals surface area contributed by atoms with Crippen LogP contribution in [-0.4, -0.2) is 17.3 Å². The Kier molecular flexibility index (Phi) is 3.45. The molecule has 1 aromatic rings. The lowest BCUT2D eigenvalue weighted by molar-refractivity contribution is 0.248. The van der Waals surface area contributed by atoms with Crippen molar-refractivity contribution >= 4 is 17.0 Å². The highest BCUT2D eigenvalue weighted by molar-refractivity contribution is 7.83. The molecule has 1 rings (SSSR count). The maximum absolute atomic E-state index is 11.4. The molecule has 1 unspecified atom stereocenters. The number of nitrogens with one attached hydrogen (secondary N) is 2. The summed E-state index contributed by atoms with van der Waals surface area (Å²) in [4.78, 5) is 11.4. The first-order valence-corrected chi connectivity index (χ1v) is 4.84. The standard InChI is InChI=1S/C8H10N2O2S/c1-9-8(11)10-13(12)7-5-3-2-4-6-7/h2-6H,1H3,(H2,9,10,11). The van der Waals surface area contributed by atoms with Gasteiger partial charge < -0.3 is 5.32 Å². The zero-order valence-corrected chi connectivity index (χ0v) is 7.93. The van der Waals surface area contributed by atoms with E-state index in [2.05, 4.69) is 10.0 Å². The number of carbonyl (C=O) groups excluding carboxylic acids is 1. The van der Waals surface area contributed by atoms with E-state index >= 15 is 0 Å². The average molecular weight is 198 g/mol. The molecule has 13 heavy (non-hydrogen) atoms. The van der Waals surface area contributed by atoms with E-state index < -0.39 is 17.0 Å². The van der Waals surface area contributed by atoms with E-state index in [0.717, 1.165) is 0 Å². The Morgan fingerprint density at radius 1 is 1.31 bits per heavy atom. The van der Waals surface area contributed by atoms with E-state index in [9.17, 15) is 9.00 Å². The second kappa shape index (κ2) is 4.61. The van der Waals surface area contributed by atoms with Gasteiger partial charge in [-0.15, -0.1) is 0 Å². The summed E-state index contributed by atoms with van der Waals surface area (Å²) in [5, 5.41) is 2.32. The van der Waals surface area contributed by atoms with Crippen molar-refractivity contribution in [2.45, 2.75) is 4.90 Å². The van der Waals surface area contributed by atoms with E-state index in [1.54, 1.807) is 24.3 Å². The number of carbonyl (C=O) groups is 1. The number of benzene rings is 1. The van der Waals surface area contributed by atoms with Crippen LogP contribution in [0.15, 0.2) is 35.2 Å². The zero-order valence-electron chi connectivity index (χ0n) is 7.11. The molecule has 0 bridgehead atoms. The van der Waals surface area contributed by atoms with E-state index in [0.29, 0.717) is 4.90 Å². The highest BCUT2D eigenvalue weighted by Gasteiger charge is 2.04. The lowest BCUT2D eigenvalue weighted by Gasteiger charge is -2.02. The molecule has 1 aromatic carbocycles. The van der Waals surface area contributed by atoms with E-state index in [4.69, 9.17) is 0 Å². The fourth-order valence-corrected chi connectivity index (χ4v) is 1.53. The van der Waals surface area contributed by atoms with Gasteiger partial charge in [0.05, 0.1) is 4.90 Å². The minimum absolute atomic E-state index is 0.456. The molecule has 0 aliphatic carbocycles. The maximum Gasteiger partial charge on any atom is 0.326 e. The molecule has 0 saturated carbocycles. The lowest BCUT2D eigenvalue weighted by Crippen LogP contribution is -2.33. The summed E-state index contributed by atoms with van der Waals surface area (Å²) in [5.41, 5.74) is 0. The van der Waals surface area contributed by atoms with Gasteiger partial charge in [-0.25, -0.2) is 9.00 Å². The first-order chi connectivity index (χ1) is 6.24. The van der Waals surface area contributed by atoms with Gasteiger partial charge in [-0.05, 0) is 12.1 Å². The summed E-state index contributed by atoms with van der Waals surface area (Å²) in [6.07, 6.45) is 0. The average Bonchev–Trinajstić information content (AvgIpc) is 2.19. The molecule has 2 amide bonds. The Labute approximate surface area is 78.9 Å². The largest absolute Gasteiger partial charge is 0.340 e. The van der Waals surface area contributed by atoms with E-state index in [1.165, 1.54) is 7.05 Å².